The van der Waals surface area contributed by atoms with Crippen LogP contribution in [0.1, 0.15) is 62.3 Å². The van der Waals surface area contributed by atoms with Crippen LogP contribution in [0.2, 0.25) is 0 Å². The van der Waals surface area contributed by atoms with Crippen LogP contribution < -0.4 is 31.6 Å². The summed E-state index contributed by atoms with van der Waals surface area (Å²) in [5.74, 6) is -1.92. The Kier molecular flexibility index (Phi) is 31.2. The zero-order chi connectivity index (χ0) is 83.2. The summed E-state index contributed by atoms with van der Waals surface area (Å²) in [5.41, 5.74) is 12.5. The number of aryl methyl sites for hydroxylation is 2. The van der Waals surface area contributed by atoms with E-state index >= 15 is 0 Å². The first-order chi connectivity index (χ1) is 55.7. The summed E-state index contributed by atoms with van der Waals surface area (Å²) < 4.78 is 8.01. The molecule has 0 radical (unpaired) electrons. The third-order valence-electron chi connectivity index (χ3n) is 16.6. The molecule has 12 rings (SSSR count). The molecule has 1 heterocycles. The van der Waals surface area contributed by atoms with Gasteiger partial charge in [0, 0.05) is 132 Å². The van der Waals surface area contributed by atoms with Crippen LogP contribution >= 0.6 is 47.8 Å². The average Bonchev–Trinajstić information content (AvgIpc) is 0.794. The summed E-state index contributed by atoms with van der Waals surface area (Å²) in [6.07, 6.45) is 8.27. The highest BCUT2D eigenvalue weighted by Gasteiger charge is 2.18. The number of hydrogen-bond acceptors (Lipinski definition) is 24. The van der Waals surface area contributed by atoms with Gasteiger partial charge in [0.15, 0.2) is 5.78 Å². The molecular weight excluding hydrogens is 1690 g/mol. The second-order valence-corrected chi connectivity index (χ2v) is 27.4. The molecule has 0 saturated heterocycles. The van der Waals surface area contributed by atoms with Gasteiger partial charge in [-0.3, -0.25) is 69.6 Å². The number of hydrogen-bond donors (Lipinski definition) is 8. The Hall–Kier alpha value is -14.4. The normalized spacial score (nSPS) is 10.9. The number of phenols is 3. The summed E-state index contributed by atoms with van der Waals surface area (Å²) in [6.45, 7) is 1.95. The molecule has 12 aromatic rings. The molecule has 0 saturated carbocycles. The number of anilines is 2. The predicted molar refractivity (Wildman–Crippen MR) is 451 cm³/mol. The Morgan fingerprint density at radius 2 is 1.03 bits per heavy atom. The number of aromatic hydroxyl groups is 3. The first kappa shape index (κ1) is 85.6. The lowest BCUT2D eigenvalue weighted by atomic mass is 10.0. The maximum atomic E-state index is 12.5. The second kappa shape index (κ2) is 42.3. The quantitative estimate of drug-likeness (QED) is 0.00779. The van der Waals surface area contributed by atoms with Crippen LogP contribution in [-0.2, 0) is 32.0 Å². The number of esters is 1. The number of nitro benzene ring substituents is 4. The van der Waals surface area contributed by atoms with Crippen molar-refractivity contribution in [3.05, 3.63) is 329 Å². The molecule has 0 unspecified atom stereocenters. The van der Waals surface area contributed by atoms with Crippen LogP contribution in [0.5, 0.6) is 23.0 Å². The van der Waals surface area contributed by atoms with Gasteiger partial charge in [-0.2, -0.15) is 15.3 Å². The summed E-state index contributed by atoms with van der Waals surface area (Å²) in [4.78, 5) is 110. The van der Waals surface area contributed by atoms with Gasteiger partial charge >= 0.3 is 5.97 Å². The van der Waals surface area contributed by atoms with Crippen LogP contribution in [-0.4, -0.2) is 114 Å². The van der Waals surface area contributed by atoms with Crippen LogP contribution in [0.3, 0.4) is 0 Å². The third kappa shape index (κ3) is 25.8. The molecule has 116 heavy (non-hydrogen) atoms. The number of Topliss-reactive ketones (excluding diaryl/α,β-unsaturated/α-hetero) is 1. The number of aliphatic imine (C=N–C) groups is 1. The molecule has 31 nitrogen and oxygen atoms in total. The number of halogens is 3. The minimum absolute atomic E-state index is 0.0130. The van der Waals surface area contributed by atoms with Crippen LogP contribution in [0.15, 0.2) is 264 Å². The number of benzene rings is 11. The third-order valence-corrected chi connectivity index (χ3v) is 18.8. The number of hydrazone groups is 3. The van der Waals surface area contributed by atoms with Crippen molar-refractivity contribution < 1.29 is 63.7 Å². The highest BCUT2D eigenvalue weighted by Crippen LogP contribution is 2.32. The van der Waals surface area contributed by atoms with Gasteiger partial charge in [-0.1, -0.05) is 139 Å². The largest absolute Gasteiger partial charge is 0.507 e. The zero-order valence-electron chi connectivity index (χ0n) is 60.9. The first-order valence-corrected chi connectivity index (χ1v) is 37.0. The van der Waals surface area contributed by atoms with Crippen molar-refractivity contribution in [1.82, 2.24) is 21.3 Å². The fourth-order valence-corrected chi connectivity index (χ4v) is 12.2. The summed E-state index contributed by atoms with van der Waals surface area (Å²) in [5, 5.41) is 95.9. The molecule has 0 aliphatic rings. The van der Waals surface area contributed by atoms with E-state index in [0.29, 0.717) is 34.7 Å². The lowest BCUT2D eigenvalue weighted by molar-refractivity contribution is -0.385. The van der Waals surface area contributed by atoms with Gasteiger partial charge in [-0.05, 0) is 143 Å². The average molecular weight is 1760 g/mol. The SMILES string of the molecule is Cc1c(Br)cc(NCC(=O)CN=Cc2cc([N+](=O)[O-])ccc2O)cc1Br.O=C(CCc1ccc2ccccc2c1)N/N=C/c1cc(Br)ccc1OC(=O)c1ccc([N+](=O)[O-])cc1.O=C(CCc1ccccn1)N/N=C/c1cc([N+](=O)[O-])ccc1O.O=C(CNc1cccc2ccccc12)N/N=C/c1c(O)ccc2cc([N+](=O)[O-])ccc12. The maximum Gasteiger partial charge on any atom is 0.343 e. The molecular formula is C82H67Br3N14O17. The minimum Gasteiger partial charge on any atom is -0.507 e. The molecule has 1 aromatic heterocycles. The van der Waals surface area contributed by atoms with Gasteiger partial charge in [0.1, 0.15) is 23.0 Å². The fraction of sp³-hybridized carbons (Fsp3) is 0.0976. The van der Waals surface area contributed by atoms with Gasteiger partial charge in [0.05, 0.1) is 63.5 Å². The van der Waals surface area contributed by atoms with Crippen molar-refractivity contribution >= 4 is 169 Å². The van der Waals surface area contributed by atoms with Crippen LogP contribution in [0.25, 0.3) is 32.3 Å². The van der Waals surface area contributed by atoms with Crippen molar-refractivity contribution in [1.29, 1.82) is 0 Å². The van der Waals surface area contributed by atoms with Crippen molar-refractivity contribution in [3.8, 4) is 23.0 Å². The predicted octanol–water partition coefficient (Wildman–Crippen LogP) is 16.0. The second-order valence-electron chi connectivity index (χ2n) is 24.7. The van der Waals surface area contributed by atoms with E-state index in [-0.39, 0.29) is 118 Å². The monoisotopic (exact) mass is 1760 g/mol. The number of ether oxygens (including phenoxy) is 1. The number of carbonyl (C=O) groups excluding carboxylic acids is 5. The van der Waals surface area contributed by atoms with Crippen molar-refractivity contribution in [2.45, 2.75) is 32.6 Å². The smallest absolute Gasteiger partial charge is 0.343 e. The standard InChI is InChI=1S/C27H20BrN3O5.C23H18N4O4.C17H15Br2N3O4.C15H14N4O4/c28-23-10-13-25(36-27(33)20-8-11-24(12-9-20)31(34)35)22(16-23)17-29-30-26(32)14-6-18-5-7-19-3-1-2-4-21(19)15-18;28-22-11-8-16-12-17(27(30)31)9-10-18(16)20(22)13-25-26-23(29)14-24-21-7-3-5-15-4-1-2-6-19(15)21;1-10-15(18)5-12(6-16(10)19)21-9-14(23)8-20-7-11-4-13(22(25)26)2-3-17(11)24;20-14-6-5-13(19(22)23)9-11(14)10-17-18-15(21)7-4-12-3-1-2-8-16-12/h1-5,7-13,15-17H,6,14H2,(H,30,32);1-13,24,28H,14H2,(H,26,29);2-7,21,24H,8-9H2,1H3;1-3,5-6,8-10,20H,4,7H2,(H,18,21)/b29-17+;25-13+;;17-10+. The van der Waals surface area contributed by atoms with E-state index in [1.165, 1.54) is 97.5 Å². The lowest BCUT2D eigenvalue weighted by Gasteiger charge is -2.09. The number of aromatic nitrogens is 1. The fourth-order valence-electron chi connectivity index (χ4n) is 10.6. The molecule has 34 heteroatoms. The number of non-ortho nitro benzene ring substituents is 4. The molecule has 0 aliphatic heterocycles. The van der Waals surface area contributed by atoms with E-state index in [1.54, 1.807) is 42.6 Å². The number of nitrogens with zero attached hydrogens (tertiary/aromatic N) is 9. The first-order valence-electron chi connectivity index (χ1n) is 34.6. The van der Waals surface area contributed by atoms with Crippen molar-refractivity contribution in [2.24, 2.45) is 20.3 Å². The number of nitrogens with one attached hydrogen (secondary N) is 5. The molecule has 588 valence electrons. The van der Waals surface area contributed by atoms with Crippen molar-refractivity contribution in [3.63, 3.8) is 0 Å². The number of carbonyl (C=O) groups is 5. The van der Waals surface area contributed by atoms with Gasteiger partial charge in [-0.25, -0.2) is 21.1 Å². The molecule has 0 fully saturated rings. The van der Waals surface area contributed by atoms with E-state index in [9.17, 15) is 79.7 Å². The molecule has 0 spiro atoms. The molecule has 0 bridgehead atoms. The van der Waals surface area contributed by atoms with Gasteiger partial charge in [0.2, 0.25) is 11.8 Å². The number of amides is 3. The van der Waals surface area contributed by atoms with E-state index in [4.69, 9.17) is 4.74 Å². The zero-order valence-corrected chi connectivity index (χ0v) is 65.7. The summed E-state index contributed by atoms with van der Waals surface area (Å²) in [7, 11) is 0. The van der Waals surface area contributed by atoms with Crippen LogP contribution in [0.4, 0.5) is 34.1 Å². The Labute approximate surface area is 684 Å². The Bertz CT molecular complexity index is 5770. The number of fused-ring (bicyclic) bond motifs is 3. The number of nitro groups is 4. The molecule has 0 aliphatic carbocycles. The van der Waals surface area contributed by atoms with Gasteiger partial charge in [0.25, 0.3) is 28.7 Å². The molecule has 8 N–H and O–H groups in total. The molecule has 11 aromatic carbocycles. The highest BCUT2D eigenvalue weighted by atomic mass is 79.9. The minimum atomic E-state index is -0.679. The number of rotatable bonds is 27. The van der Waals surface area contributed by atoms with E-state index in [1.807, 2.05) is 110 Å². The maximum absolute atomic E-state index is 12.5. The van der Waals surface area contributed by atoms with E-state index in [0.717, 1.165) is 69.4 Å². The van der Waals surface area contributed by atoms with E-state index < -0.39 is 25.7 Å². The highest BCUT2D eigenvalue weighted by molar-refractivity contribution is 9.11. The summed E-state index contributed by atoms with van der Waals surface area (Å²) in [6, 6.07) is 61.5. The Morgan fingerprint density at radius 3 is 1.68 bits per heavy atom. The Balaban J connectivity index is 0.000000179. The number of phenolic OH excluding ortho intramolecular Hbond substituents is 3. The number of pyridine rings is 1. The van der Waals surface area contributed by atoms with E-state index in [2.05, 4.69) is 106 Å². The van der Waals surface area contributed by atoms with Gasteiger partial charge in [-0.15, -0.1) is 0 Å². The van der Waals surface area contributed by atoms with Crippen molar-refractivity contribution in [2.75, 3.05) is 30.3 Å². The topological polar surface area (TPSA) is 450 Å². The summed E-state index contributed by atoms with van der Waals surface area (Å²) >= 11 is 10.3. The number of ketones is 1. The molecule has 0 atom stereocenters. The Morgan fingerprint density at radius 1 is 0.474 bits per heavy atom. The lowest BCUT2D eigenvalue weighted by Crippen LogP contribution is -2.25. The molecule has 3 amide bonds. The van der Waals surface area contributed by atoms with Gasteiger partial charge < -0.3 is 30.7 Å². The van der Waals surface area contributed by atoms with Crippen LogP contribution in [0, 0.1) is 47.4 Å².